The van der Waals surface area contributed by atoms with E-state index in [1.54, 1.807) is 4.90 Å². The van der Waals surface area contributed by atoms with Crippen molar-refractivity contribution in [2.24, 2.45) is 0 Å². The van der Waals surface area contributed by atoms with Crippen LogP contribution < -0.4 is 10.1 Å². The number of amides is 2. The third-order valence-corrected chi connectivity index (χ3v) is 5.81. The Morgan fingerprint density at radius 3 is 2.72 bits per heavy atom. The maximum Gasteiger partial charge on any atom is 0.242 e. The van der Waals surface area contributed by atoms with Crippen molar-refractivity contribution in [2.45, 2.75) is 44.6 Å². The summed E-state index contributed by atoms with van der Waals surface area (Å²) in [7, 11) is 0. The van der Waals surface area contributed by atoms with Crippen molar-refractivity contribution in [1.82, 2.24) is 10.2 Å². The molecule has 1 heterocycles. The molecule has 1 fully saturated rings. The molecule has 0 spiro atoms. The molecule has 2 aliphatic rings. The number of aryl methyl sites for hydroxylation is 2. The van der Waals surface area contributed by atoms with Crippen LogP contribution in [-0.4, -0.2) is 42.5 Å². The van der Waals surface area contributed by atoms with Gasteiger partial charge in [0.15, 0.2) is 0 Å². The molecule has 1 atom stereocenters. The summed E-state index contributed by atoms with van der Waals surface area (Å²) < 4.78 is 5.80. The lowest BCUT2D eigenvalue weighted by Crippen LogP contribution is -2.47. The average molecular weight is 392 g/mol. The van der Waals surface area contributed by atoms with Crippen molar-refractivity contribution in [1.29, 1.82) is 0 Å². The first kappa shape index (κ1) is 19.5. The quantitative estimate of drug-likeness (QED) is 0.737. The van der Waals surface area contributed by atoms with E-state index in [0.29, 0.717) is 26.1 Å². The van der Waals surface area contributed by atoms with E-state index in [4.69, 9.17) is 4.74 Å². The summed E-state index contributed by atoms with van der Waals surface area (Å²) in [6.07, 6.45) is 5.43. The highest BCUT2D eigenvalue weighted by Gasteiger charge is 2.33. The second kappa shape index (κ2) is 9.12. The molecule has 0 aromatic heterocycles. The molecule has 0 bridgehead atoms. The lowest BCUT2D eigenvalue weighted by Gasteiger charge is -2.24. The van der Waals surface area contributed by atoms with Gasteiger partial charge in [-0.2, -0.15) is 0 Å². The number of nitrogens with zero attached hydrogens (tertiary/aromatic N) is 1. The van der Waals surface area contributed by atoms with Gasteiger partial charge in [0, 0.05) is 6.54 Å². The van der Waals surface area contributed by atoms with Gasteiger partial charge in [-0.05, 0) is 60.9 Å². The first-order valence-electron chi connectivity index (χ1n) is 10.6. The van der Waals surface area contributed by atoms with E-state index in [2.05, 4.69) is 17.4 Å². The summed E-state index contributed by atoms with van der Waals surface area (Å²) in [4.78, 5) is 27.0. The highest BCUT2D eigenvalue weighted by Crippen LogP contribution is 2.26. The number of carbonyl (C=O) groups is 2. The van der Waals surface area contributed by atoms with Crippen LogP contribution in [0.2, 0.25) is 0 Å². The number of nitrogens with one attached hydrogen (secondary N) is 1. The smallest absolute Gasteiger partial charge is 0.242 e. The van der Waals surface area contributed by atoms with E-state index < -0.39 is 0 Å². The predicted molar refractivity (Wildman–Crippen MR) is 112 cm³/mol. The highest BCUT2D eigenvalue weighted by molar-refractivity contribution is 5.89. The van der Waals surface area contributed by atoms with Crippen LogP contribution in [0.5, 0.6) is 5.75 Å². The maximum atomic E-state index is 12.7. The molecule has 0 saturated carbocycles. The van der Waals surface area contributed by atoms with Crippen molar-refractivity contribution in [3.05, 3.63) is 65.2 Å². The van der Waals surface area contributed by atoms with Crippen LogP contribution in [-0.2, 0) is 28.9 Å². The second-order valence-electron chi connectivity index (χ2n) is 7.83. The van der Waals surface area contributed by atoms with Crippen LogP contribution >= 0.6 is 0 Å². The predicted octanol–water partition coefficient (Wildman–Crippen LogP) is 2.90. The Morgan fingerprint density at radius 1 is 1.03 bits per heavy atom. The minimum Gasteiger partial charge on any atom is -0.492 e. The van der Waals surface area contributed by atoms with Gasteiger partial charge in [-0.25, -0.2) is 0 Å². The van der Waals surface area contributed by atoms with Gasteiger partial charge in [-0.3, -0.25) is 9.59 Å². The fourth-order valence-electron chi connectivity index (χ4n) is 4.31. The van der Waals surface area contributed by atoms with Gasteiger partial charge < -0.3 is 15.0 Å². The Morgan fingerprint density at radius 2 is 1.86 bits per heavy atom. The van der Waals surface area contributed by atoms with Gasteiger partial charge in [-0.1, -0.05) is 36.4 Å². The SMILES string of the molecule is O=C(NCCOc1ccc2c(c1)CCC2)C1CCCN1C(=O)Cc1ccccc1. The van der Waals surface area contributed by atoms with Crippen molar-refractivity contribution in [3.8, 4) is 5.75 Å². The Kier molecular flexibility index (Phi) is 6.13. The summed E-state index contributed by atoms with van der Waals surface area (Å²) >= 11 is 0. The molecule has 1 saturated heterocycles. The minimum absolute atomic E-state index is 0.0169. The van der Waals surface area contributed by atoms with Crippen LogP contribution in [0.25, 0.3) is 0 Å². The fourth-order valence-corrected chi connectivity index (χ4v) is 4.31. The fraction of sp³-hybridized carbons (Fsp3) is 0.417. The zero-order valence-electron chi connectivity index (χ0n) is 16.7. The van der Waals surface area contributed by atoms with Crippen molar-refractivity contribution in [2.75, 3.05) is 19.7 Å². The van der Waals surface area contributed by atoms with E-state index >= 15 is 0 Å². The molecule has 2 aromatic carbocycles. The molecule has 1 unspecified atom stereocenters. The molecule has 152 valence electrons. The van der Waals surface area contributed by atoms with Crippen LogP contribution in [0, 0.1) is 0 Å². The number of rotatable bonds is 7. The third kappa shape index (κ3) is 4.78. The molecule has 1 aliphatic carbocycles. The standard InChI is InChI=1S/C24H28N2O3/c27-23(16-18-6-2-1-3-7-18)26-14-5-10-22(26)24(28)25-13-15-29-21-12-11-19-8-4-9-20(19)17-21/h1-3,6-7,11-12,17,22H,4-5,8-10,13-16H2,(H,25,28). The van der Waals surface area contributed by atoms with Crippen molar-refractivity contribution < 1.29 is 14.3 Å². The number of hydrogen-bond donors (Lipinski definition) is 1. The third-order valence-electron chi connectivity index (χ3n) is 5.81. The van der Waals surface area contributed by atoms with E-state index in [1.165, 1.54) is 17.5 Å². The molecule has 1 aliphatic heterocycles. The summed E-state index contributed by atoms with van der Waals surface area (Å²) in [5.41, 5.74) is 3.78. The minimum atomic E-state index is -0.369. The van der Waals surface area contributed by atoms with Crippen molar-refractivity contribution >= 4 is 11.8 Å². The van der Waals surface area contributed by atoms with Crippen LogP contribution in [0.15, 0.2) is 48.5 Å². The second-order valence-corrected chi connectivity index (χ2v) is 7.83. The van der Waals surface area contributed by atoms with Crippen LogP contribution in [0.3, 0.4) is 0 Å². The zero-order chi connectivity index (χ0) is 20.1. The topological polar surface area (TPSA) is 58.6 Å². The molecule has 5 heteroatoms. The van der Waals surface area contributed by atoms with Crippen molar-refractivity contribution in [3.63, 3.8) is 0 Å². The largest absolute Gasteiger partial charge is 0.492 e. The number of hydrogen-bond acceptors (Lipinski definition) is 3. The molecule has 5 nitrogen and oxygen atoms in total. The molecule has 29 heavy (non-hydrogen) atoms. The number of benzene rings is 2. The van der Waals surface area contributed by atoms with E-state index in [9.17, 15) is 9.59 Å². The van der Waals surface area contributed by atoms with E-state index in [1.807, 2.05) is 36.4 Å². The monoisotopic (exact) mass is 392 g/mol. The average Bonchev–Trinajstić information content (AvgIpc) is 3.41. The summed E-state index contributed by atoms with van der Waals surface area (Å²) in [6.45, 7) is 1.51. The Labute approximate surface area is 172 Å². The number of likely N-dealkylation sites (tertiary alicyclic amines) is 1. The van der Waals surface area contributed by atoms with Gasteiger partial charge in [0.1, 0.15) is 18.4 Å². The van der Waals surface area contributed by atoms with Crippen LogP contribution in [0.1, 0.15) is 36.0 Å². The maximum absolute atomic E-state index is 12.7. The van der Waals surface area contributed by atoms with E-state index in [0.717, 1.165) is 37.0 Å². The Balaban J connectivity index is 1.24. The molecular formula is C24H28N2O3. The van der Waals surface area contributed by atoms with Crippen LogP contribution in [0.4, 0.5) is 0 Å². The van der Waals surface area contributed by atoms with E-state index in [-0.39, 0.29) is 17.9 Å². The molecule has 1 N–H and O–H groups in total. The normalized spacial score (nSPS) is 17.8. The van der Waals surface area contributed by atoms with Gasteiger partial charge in [0.25, 0.3) is 0 Å². The first-order chi connectivity index (χ1) is 14.2. The Bertz CT molecular complexity index is 866. The molecule has 2 amide bonds. The lowest BCUT2D eigenvalue weighted by molar-refractivity contribution is -0.138. The highest BCUT2D eigenvalue weighted by atomic mass is 16.5. The Hall–Kier alpha value is -2.82. The van der Waals surface area contributed by atoms with Gasteiger partial charge >= 0.3 is 0 Å². The molecule has 0 radical (unpaired) electrons. The van der Waals surface area contributed by atoms with Gasteiger partial charge in [-0.15, -0.1) is 0 Å². The summed E-state index contributed by atoms with van der Waals surface area (Å²) in [5, 5.41) is 2.94. The lowest BCUT2D eigenvalue weighted by atomic mass is 10.1. The molecule has 2 aromatic rings. The molecule has 4 rings (SSSR count). The summed E-state index contributed by atoms with van der Waals surface area (Å²) in [6, 6.07) is 15.6. The first-order valence-corrected chi connectivity index (χ1v) is 10.6. The number of ether oxygens (including phenoxy) is 1. The van der Waals surface area contributed by atoms with Gasteiger partial charge in [0.2, 0.25) is 11.8 Å². The summed E-state index contributed by atoms with van der Waals surface area (Å²) in [5.74, 6) is 0.796. The zero-order valence-corrected chi connectivity index (χ0v) is 16.7. The number of carbonyl (C=O) groups excluding carboxylic acids is 2. The number of fused-ring (bicyclic) bond motifs is 1. The van der Waals surface area contributed by atoms with Gasteiger partial charge in [0.05, 0.1) is 13.0 Å². The molecular weight excluding hydrogens is 364 g/mol.